The number of aliphatic hydroxyl groups is 1. The van der Waals surface area contributed by atoms with Gasteiger partial charge in [0.2, 0.25) is 0 Å². The minimum absolute atomic E-state index is 0.0719. The maximum absolute atomic E-state index is 10.8. The lowest BCUT2D eigenvalue weighted by molar-refractivity contribution is -0.139. The van der Waals surface area contributed by atoms with Crippen LogP contribution in [0.4, 0.5) is 0 Å². The summed E-state index contributed by atoms with van der Waals surface area (Å²) in [5.74, 6) is -0.743. The summed E-state index contributed by atoms with van der Waals surface area (Å²) in [5, 5.41) is 18.9. The number of unbranched alkanes of at least 4 members (excludes halogenated alkanes) is 2. The minimum atomic E-state index is -0.743. The number of aliphatic hydroxyl groups excluding tert-OH is 1. The summed E-state index contributed by atoms with van der Waals surface area (Å²) in [6, 6.07) is 0. The molecular formula is C19H36O4. The van der Waals surface area contributed by atoms with Gasteiger partial charge in [0, 0.05) is 6.42 Å². The lowest BCUT2D eigenvalue weighted by Crippen LogP contribution is -2.17. The van der Waals surface area contributed by atoms with Crippen LogP contribution in [0.2, 0.25) is 0 Å². The van der Waals surface area contributed by atoms with Crippen molar-refractivity contribution in [1.29, 1.82) is 0 Å². The summed E-state index contributed by atoms with van der Waals surface area (Å²) in [6.07, 6.45) is 8.98. The van der Waals surface area contributed by atoms with Crippen LogP contribution in [0.15, 0.2) is 0 Å². The number of hydrogen-bond donors (Lipinski definition) is 2. The van der Waals surface area contributed by atoms with E-state index in [0.29, 0.717) is 6.42 Å². The fourth-order valence-electron chi connectivity index (χ4n) is 2.94. The second-order valence-electron chi connectivity index (χ2n) is 8.42. The van der Waals surface area contributed by atoms with E-state index in [0.717, 1.165) is 57.7 Å². The minimum Gasteiger partial charge on any atom is -0.481 e. The SMILES string of the molecule is CC(C)(CC=O)CCCCC(O)CCCCC(C)(C)CC(=O)O. The number of carboxylic acids is 1. The van der Waals surface area contributed by atoms with Crippen LogP contribution in [0.3, 0.4) is 0 Å². The molecule has 1 atom stereocenters. The molecule has 0 rings (SSSR count). The quantitative estimate of drug-likeness (QED) is 0.361. The third-order valence-electron chi connectivity index (χ3n) is 4.55. The van der Waals surface area contributed by atoms with E-state index in [2.05, 4.69) is 13.8 Å². The smallest absolute Gasteiger partial charge is 0.303 e. The molecular weight excluding hydrogens is 292 g/mol. The second kappa shape index (κ2) is 10.8. The lowest BCUT2D eigenvalue weighted by Gasteiger charge is -2.22. The topological polar surface area (TPSA) is 74.6 Å². The van der Waals surface area contributed by atoms with Gasteiger partial charge in [0.1, 0.15) is 6.29 Å². The molecule has 2 N–H and O–H groups in total. The number of carbonyl (C=O) groups excluding carboxylic acids is 1. The highest BCUT2D eigenvalue weighted by Crippen LogP contribution is 2.29. The van der Waals surface area contributed by atoms with Crippen molar-refractivity contribution in [3.63, 3.8) is 0 Å². The molecule has 4 nitrogen and oxygen atoms in total. The first-order valence-electron chi connectivity index (χ1n) is 8.91. The normalized spacial score (nSPS) is 13.8. The first-order chi connectivity index (χ1) is 10.6. The summed E-state index contributed by atoms with van der Waals surface area (Å²) < 4.78 is 0. The highest BCUT2D eigenvalue weighted by atomic mass is 16.4. The van der Waals surface area contributed by atoms with Gasteiger partial charge in [0.15, 0.2) is 0 Å². The molecule has 0 aromatic rings. The van der Waals surface area contributed by atoms with Crippen molar-refractivity contribution >= 4 is 12.3 Å². The largest absolute Gasteiger partial charge is 0.481 e. The molecule has 0 saturated carbocycles. The molecule has 136 valence electrons. The van der Waals surface area contributed by atoms with Crippen molar-refractivity contribution in [3.8, 4) is 0 Å². The van der Waals surface area contributed by atoms with Crippen LogP contribution in [-0.4, -0.2) is 28.6 Å². The van der Waals surface area contributed by atoms with Crippen LogP contribution < -0.4 is 0 Å². The molecule has 4 heteroatoms. The van der Waals surface area contributed by atoms with Gasteiger partial charge in [-0.3, -0.25) is 4.79 Å². The molecule has 0 aromatic heterocycles. The predicted molar refractivity (Wildman–Crippen MR) is 93.4 cm³/mol. The van der Waals surface area contributed by atoms with E-state index in [4.69, 9.17) is 5.11 Å². The molecule has 0 fully saturated rings. The van der Waals surface area contributed by atoms with Gasteiger partial charge < -0.3 is 15.0 Å². The Labute approximate surface area is 141 Å². The van der Waals surface area contributed by atoms with E-state index >= 15 is 0 Å². The summed E-state index contributed by atoms with van der Waals surface area (Å²) in [4.78, 5) is 21.3. The van der Waals surface area contributed by atoms with Gasteiger partial charge in [-0.1, -0.05) is 53.4 Å². The van der Waals surface area contributed by atoms with Crippen LogP contribution >= 0.6 is 0 Å². The van der Waals surface area contributed by atoms with E-state index in [9.17, 15) is 14.7 Å². The van der Waals surface area contributed by atoms with E-state index in [1.165, 1.54) is 0 Å². The Morgan fingerprint density at radius 1 is 0.957 bits per heavy atom. The molecule has 0 aliphatic carbocycles. The van der Waals surface area contributed by atoms with Gasteiger partial charge in [-0.05, 0) is 36.5 Å². The second-order valence-corrected chi connectivity index (χ2v) is 8.42. The number of rotatable bonds is 14. The van der Waals surface area contributed by atoms with Crippen molar-refractivity contribution in [3.05, 3.63) is 0 Å². The van der Waals surface area contributed by atoms with Crippen LogP contribution in [0, 0.1) is 10.8 Å². The number of aliphatic carboxylic acids is 1. The molecule has 0 radical (unpaired) electrons. The van der Waals surface area contributed by atoms with Crippen molar-refractivity contribution < 1.29 is 19.8 Å². The van der Waals surface area contributed by atoms with E-state index in [1.54, 1.807) is 0 Å². The van der Waals surface area contributed by atoms with Gasteiger partial charge >= 0.3 is 5.97 Å². The summed E-state index contributed by atoms with van der Waals surface area (Å²) in [6.45, 7) is 8.19. The molecule has 0 saturated heterocycles. The van der Waals surface area contributed by atoms with Gasteiger partial charge in [-0.25, -0.2) is 0 Å². The van der Waals surface area contributed by atoms with Crippen molar-refractivity contribution in [1.82, 2.24) is 0 Å². The molecule has 0 aliphatic heterocycles. The lowest BCUT2D eigenvalue weighted by atomic mass is 9.83. The van der Waals surface area contributed by atoms with Crippen LogP contribution in [0.1, 0.15) is 91.9 Å². The zero-order valence-corrected chi connectivity index (χ0v) is 15.4. The Bertz CT molecular complexity index is 347. The van der Waals surface area contributed by atoms with Gasteiger partial charge in [0.05, 0.1) is 12.5 Å². The fourth-order valence-corrected chi connectivity index (χ4v) is 2.94. The van der Waals surface area contributed by atoms with Crippen molar-refractivity contribution in [2.24, 2.45) is 10.8 Å². The Balaban J connectivity index is 3.70. The zero-order valence-electron chi connectivity index (χ0n) is 15.4. The van der Waals surface area contributed by atoms with E-state index in [-0.39, 0.29) is 23.4 Å². The molecule has 23 heavy (non-hydrogen) atoms. The highest BCUT2D eigenvalue weighted by molar-refractivity contribution is 5.67. The van der Waals surface area contributed by atoms with Gasteiger partial charge in [0.25, 0.3) is 0 Å². The third kappa shape index (κ3) is 13.3. The number of carbonyl (C=O) groups is 2. The summed E-state index contributed by atoms with van der Waals surface area (Å²) in [7, 11) is 0. The molecule has 0 amide bonds. The van der Waals surface area contributed by atoms with Gasteiger partial charge in [-0.15, -0.1) is 0 Å². The molecule has 0 spiro atoms. The highest BCUT2D eigenvalue weighted by Gasteiger charge is 2.21. The van der Waals surface area contributed by atoms with Crippen molar-refractivity contribution in [2.45, 2.75) is 98.0 Å². The number of carboxylic acid groups (broad SMARTS) is 1. The Morgan fingerprint density at radius 3 is 1.87 bits per heavy atom. The predicted octanol–water partition coefficient (Wildman–Crippen LogP) is 4.58. The molecule has 0 aliphatic rings. The van der Waals surface area contributed by atoms with E-state index in [1.807, 2.05) is 13.8 Å². The molecule has 0 aromatic carbocycles. The summed E-state index contributed by atoms with van der Waals surface area (Å²) >= 11 is 0. The maximum Gasteiger partial charge on any atom is 0.303 e. The monoisotopic (exact) mass is 328 g/mol. The van der Waals surface area contributed by atoms with Crippen molar-refractivity contribution in [2.75, 3.05) is 0 Å². The Morgan fingerprint density at radius 2 is 1.43 bits per heavy atom. The maximum atomic E-state index is 10.8. The third-order valence-corrected chi connectivity index (χ3v) is 4.55. The average Bonchev–Trinajstić information content (AvgIpc) is 2.38. The molecule has 1 unspecified atom stereocenters. The number of hydrogen-bond acceptors (Lipinski definition) is 3. The fraction of sp³-hybridized carbons (Fsp3) is 0.895. The molecule has 0 heterocycles. The average molecular weight is 328 g/mol. The van der Waals surface area contributed by atoms with Crippen LogP contribution in [0.25, 0.3) is 0 Å². The Hall–Kier alpha value is -0.900. The number of aldehydes is 1. The van der Waals surface area contributed by atoms with Crippen LogP contribution in [-0.2, 0) is 9.59 Å². The first-order valence-corrected chi connectivity index (χ1v) is 8.91. The molecule has 0 bridgehead atoms. The zero-order chi connectivity index (χ0) is 17.9. The van der Waals surface area contributed by atoms with Crippen LogP contribution in [0.5, 0.6) is 0 Å². The standard InChI is InChI=1S/C19H36O4/c1-18(2,13-14-20)11-7-5-9-16(21)10-6-8-12-19(3,4)15-17(22)23/h14,16,21H,5-13,15H2,1-4H3,(H,22,23). The Kier molecular flexibility index (Phi) is 10.4. The summed E-state index contributed by atoms with van der Waals surface area (Å²) in [5.41, 5.74) is -0.0939. The first kappa shape index (κ1) is 22.1. The van der Waals surface area contributed by atoms with Gasteiger partial charge in [-0.2, -0.15) is 0 Å². The van der Waals surface area contributed by atoms with E-state index < -0.39 is 5.97 Å².